The molecule has 1 rings (SSSR count). The standard InChI is InChI=1S/C9H15NO5/c1-4(11)10-6-3-2-5(9(14)15)7(12)8(6)13/h5-8,12-13H,2-3H2,1H3,(H,10,11)(H,14,15)/t5-,6?,7-,8+/m0/s1. The number of hydrogen-bond acceptors (Lipinski definition) is 4. The molecule has 6 nitrogen and oxygen atoms in total. The maximum Gasteiger partial charge on any atom is 0.309 e. The third-order valence-electron chi connectivity index (χ3n) is 2.67. The summed E-state index contributed by atoms with van der Waals surface area (Å²) in [7, 11) is 0. The summed E-state index contributed by atoms with van der Waals surface area (Å²) in [6.45, 7) is 1.31. The number of aliphatic hydroxyl groups is 2. The van der Waals surface area contributed by atoms with Crippen molar-refractivity contribution in [3.05, 3.63) is 0 Å². The largest absolute Gasteiger partial charge is 0.481 e. The molecule has 6 heteroatoms. The zero-order valence-electron chi connectivity index (χ0n) is 8.38. The van der Waals surface area contributed by atoms with Gasteiger partial charge in [0, 0.05) is 6.92 Å². The zero-order chi connectivity index (χ0) is 11.6. The van der Waals surface area contributed by atoms with Crippen LogP contribution in [0.2, 0.25) is 0 Å². The number of rotatable bonds is 2. The molecule has 0 bridgehead atoms. The van der Waals surface area contributed by atoms with Crippen LogP contribution in [-0.2, 0) is 9.59 Å². The minimum Gasteiger partial charge on any atom is -0.481 e. The zero-order valence-corrected chi connectivity index (χ0v) is 8.38. The second kappa shape index (κ2) is 4.59. The van der Waals surface area contributed by atoms with E-state index in [1.54, 1.807) is 0 Å². The first-order valence-electron chi connectivity index (χ1n) is 4.79. The molecule has 0 heterocycles. The number of carboxylic acids is 1. The van der Waals surface area contributed by atoms with Gasteiger partial charge in [-0.3, -0.25) is 9.59 Å². The molecule has 4 N–H and O–H groups in total. The number of amides is 1. The number of carbonyl (C=O) groups excluding carboxylic acids is 1. The molecule has 86 valence electrons. The summed E-state index contributed by atoms with van der Waals surface area (Å²) in [5, 5.41) is 30.3. The van der Waals surface area contributed by atoms with Gasteiger partial charge < -0.3 is 20.6 Å². The van der Waals surface area contributed by atoms with E-state index in [1.165, 1.54) is 6.92 Å². The van der Waals surface area contributed by atoms with Crippen LogP contribution in [-0.4, -0.2) is 45.4 Å². The lowest BCUT2D eigenvalue weighted by Crippen LogP contribution is -2.55. The number of carboxylic acid groups (broad SMARTS) is 1. The molecular formula is C9H15NO5. The summed E-state index contributed by atoms with van der Waals surface area (Å²) in [5.41, 5.74) is 0. The monoisotopic (exact) mass is 217 g/mol. The highest BCUT2D eigenvalue weighted by molar-refractivity contribution is 5.74. The van der Waals surface area contributed by atoms with E-state index in [0.29, 0.717) is 6.42 Å². The maximum atomic E-state index is 10.8. The SMILES string of the molecule is CC(=O)NC1CC[C@H](C(=O)O)[C@H](O)[C@@H]1O. The summed E-state index contributed by atoms with van der Waals surface area (Å²) in [4.78, 5) is 21.4. The van der Waals surface area contributed by atoms with Gasteiger partial charge in [0.2, 0.25) is 5.91 Å². The molecule has 0 aliphatic heterocycles. The minimum absolute atomic E-state index is 0.249. The Morgan fingerprint density at radius 1 is 1.20 bits per heavy atom. The highest BCUT2D eigenvalue weighted by Crippen LogP contribution is 2.25. The van der Waals surface area contributed by atoms with E-state index in [0.717, 1.165) is 0 Å². The molecule has 1 saturated carbocycles. The van der Waals surface area contributed by atoms with Crippen molar-refractivity contribution in [1.82, 2.24) is 5.32 Å². The van der Waals surface area contributed by atoms with Gasteiger partial charge in [-0.15, -0.1) is 0 Å². The van der Waals surface area contributed by atoms with Crippen molar-refractivity contribution in [2.75, 3.05) is 0 Å². The number of aliphatic carboxylic acids is 1. The smallest absolute Gasteiger partial charge is 0.309 e. The molecular weight excluding hydrogens is 202 g/mol. The number of carbonyl (C=O) groups is 2. The van der Waals surface area contributed by atoms with Crippen molar-refractivity contribution in [3.8, 4) is 0 Å². The summed E-state index contributed by atoms with van der Waals surface area (Å²) in [5.74, 6) is -2.38. The highest BCUT2D eigenvalue weighted by atomic mass is 16.4. The molecule has 0 saturated heterocycles. The Morgan fingerprint density at radius 3 is 2.27 bits per heavy atom. The first kappa shape index (κ1) is 11.9. The Balaban J connectivity index is 2.64. The third-order valence-corrected chi connectivity index (χ3v) is 2.67. The molecule has 0 aromatic rings. The predicted molar refractivity (Wildman–Crippen MR) is 50.0 cm³/mol. The molecule has 15 heavy (non-hydrogen) atoms. The molecule has 1 aliphatic rings. The van der Waals surface area contributed by atoms with Crippen molar-refractivity contribution in [3.63, 3.8) is 0 Å². The highest BCUT2D eigenvalue weighted by Gasteiger charge is 2.41. The number of aliphatic hydroxyl groups excluding tert-OH is 2. The fourth-order valence-corrected chi connectivity index (χ4v) is 1.86. The fraction of sp³-hybridized carbons (Fsp3) is 0.778. The Bertz CT molecular complexity index is 265. The predicted octanol–water partition coefficient (Wildman–Crippen LogP) is -1.29. The molecule has 0 radical (unpaired) electrons. The van der Waals surface area contributed by atoms with Gasteiger partial charge in [0.25, 0.3) is 0 Å². The molecule has 1 fully saturated rings. The molecule has 1 aliphatic carbocycles. The molecule has 0 aromatic heterocycles. The second-order valence-electron chi connectivity index (χ2n) is 3.81. The van der Waals surface area contributed by atoms with Crippen molar-refractivity contribution in [2.45, 2.75) is 38.0 Å². The molecule has 1 unspecified atom stereocenters. The molecule has 0 spiro atoms. The van der Waals surface area contributed by atoms with Crippen LogP contribution in [0.15, 0.2) is 0 Å². The van der Waals surface area contributed by atoms with Crippen LogP contribution in [0, 0.1) is 5.92 Å². The van der Waals surface area contributed by atoms with Crippen LogP contribution in [0.3, 0.4) is 0 Å². The van der Waals surface area contributed by atoms with Crippen LogP contribution in [0.4, 0.5) is 0 Å². The summed E-state index contributed by atoms with van der Waals surface area (Å²) in [6, 6.07) is -0.562. The lowest BCUT2D eigenvalue weighted by atomic mass is 9.81. The van der Waals surface area contributed by atoms with E-state index in [9.17, 15) is 19.8 Å². The van der Waals surface area contributed by atoms with Crippen LogP contribution in [0.1, 0.15) is 19.8 Å². The van der Waals surface area contributed by atoms with Crippen molar-refractivity contribution in [1.29, 1.82) is 0 Å². The van der Waals surface area contributed by atoms with Crippen LogP contribution in [0.25, 0.3) is 0 Å². The van der Waals surface area contributed by atoms with E-state index in [1.807, 2.05) is 0 Å². The fourth-order valence-electron chi connectivity index (χ4n) is 1.86. The van der Waals surface area contributed by atoms with Crippen LogP contribution in [0.5, 0.6) is 0 Å². The van der Waals surface area contributed by atoms with Gasteiger partial charge in [-0.1, -0.05) is 0 Å². The number of nitrogens with one attached hydrogen (secondary N) is 1. The topological polar surface area (TPSA) is 107 Å². The quantitative estimate of drug-likeness (QED) is 0.460. The molecule has 0 aromatic carbocycles. The lowest BCUT2D eigenvalue weighted by molar-refractivity contribution is -0.154. The Morgan fingerprint density at radius 2 is 1.80 bits per heavy atom. The van der Waals surface area contributed by atoms with Gasteiger partial charge in [-0.05, 0) is 12.8 Å². The average molecular weight is 217 g/mol. The van der Waals surface area contributed by atoms with Gasteiger partial charge in [0.1, 0.15) is 6.10 Å². The van der Waals surface area contributed by atoms with Gasteiger partial charge in [0.15, 0.2) is 0 Å². The van der Waals surface area contributed by atoms with E-state index in [2.05, 4.69) is 5.32 Å². The summed E-state index contributed by atoms with van der Waals surface area (Å²) >= 11 is 0. The first-order chi connectivity index (χ1) is 6.93. The maximum absolute atomic E-state index is 10.8. The number of hydrogen-bond donors (Lipinski definition) is 4. The third kappa shape index (κ3) is 2.66. The minimum atomic E-state index is -1.33. The van der Waals surface area contributed by atoms with E-state index < -0.39 is 30.1 Å². The van der Waals surface area contributed by atoms with E-state index in [4.69, 9.17) is 5.11 Å². The first-order valence-corrected chi connectivity index (χ1v) is 4.79. The van der Waals surface area contributed by atoms with Crippen molar-refractivity contribution < 1.29 is 24.9 Å². The second-order valence-corrected chi connectivity index (χ2v) is 3.81. The van der Waals surface area contributed by atoms with Crippen molar-refractivity contribution >= 4 is 11.9 Å². The van der Waals surface area contributed by atoms with Gasteiger partial charge in [-0.2, -0.15) is 0 Å². The molecule has 4 atom stereocenters. The Labute approximate surface area is 86.9 Å². The molecule has 1 amide bonds. The van der Waals surface area contributed by atoms with Gasteiger partial charge >= 0.3 is 5.97 Å². The van der Waals surface area contributed by atoms with Crippen LogP contribution < -0.4 is 5.32 Å². The van der Waals surface area contributed by atoms with E-state index >= 15 is 0 Å². The average Bonchev–Trinajstić information content (AvgIpc) is 2.12. The Hall–Kier alpha value is -1.14. The Kier molecular flexibility index (Phi) is 3.65. The van der Waals surface area contributed by atoms with E-state index in [-0.39, 0.29) is 12.3 Å². The van der Waals surface area contributed by atoms with Crippen molar-refractivity contribution in [2.24, 2.45) is 5.92 Å². The summed E-state index contributed by atoms with van der Waals surface area (Å²) in [6.07, 6.45) is -1.94. The van der Waals surface area contributed by atoms with Gasteiger partial charge in [0.05, 0.1) is 18.1 Å². The normalized spacial score (nSPS) is 35.9. The lowest BCUT2D eigenvalue weighted by Gasteiger charge is -2.35. The van der Waals surface area contributed by atoms with Crippen LogP contribution >= 0.6 is 0 Å². The van der Waals surface area contributed by atoms with Gasteiger partial charge in [-0.25, -0.2) is 0 Å². The summed E-state index contributed by atoms with van der Waals surface area (Å²) < 4.78 is 0.